The van der Waals surface area contributed by atoms with Crippen molar-refractivity contribution in [3.63, 3.8) is 0 Å². The molecule has 26 heavy (non-hydrogen) atoms. The third-order valence-electron chi connectivity index (χ3n) is 3.49. The molecule has 0 aromatic heterocycles. The van der Waals surface area contributed by atoms with E-state index in [9.17, 15) is 10.2 Å². The normalized spacial score (nSPS) is 11.1. The number of phenols is 2. The summed E-state index contributed by atoms with van der Waals surface area (Å²) >= 11 is 1.91. The predicted molar refractivity (Wildman–Crippen MR) is 108 cm³/mol. The van der Waals surface area contributed by atoms with Gasteiger partial charge in [0.05, 0.1) is 0 Å². The quantitative estimate of drug-likeness (QED) is 0.348. The molecule has 2 N–H and O–H groups in total. The summed E-state index contributed by atoms with van der Waals surface area (Å²) in [4.78, 5) is 8.69. The van der Waals surface area contributed by atoms with Crippen molar-refractivity contribution in [3.8, 4) is 11.5 Å². The zero-order valence-corrected chi connectivity index (χ0v) is 16.3. The smallest absolute Gasteiger partial charge is 0.124 e. The molecule has 0 amide bonds. The van der Waals surface area contributed by atoms with E-state index in [1.807, 2.05) is 36.0 Å². The van der Waals surface area contributed by atoms with Crippen molar-refractivity contribution in [2.45, 2.75) is 12.8 Å². The molecule has 4 nitrogen and oxygen atoms in total. The Morgan fingerprint density at radius 1 is 0.731 bits per heavy atom. The van der Waals surface area contributed by atoms with Crippen LogP contribution in [0.1, 0.15) is 24.0 Å². The van der Waals surface area contributed by atoms with Gasteiger partial charge in [-0.25, -0.2) is 0 Å². The molecule has 0 saturated heterocycles. The van der Waals surface area contributed by atoms with Crippen LogP contribution in [0.4, 0.5) is 0 Å². The van der Waals surface area contributed by atoms with Crippen molar-refractivity contribution in [2.75, 3.05) is 24.6 Å². The second kappa shape index (κ2) is 13.4. The summed E-state index contributed by atoms with van der Waals surface area (Å²) in [5, 5.41) is 19.2. The first-order valence-electron chi connectivity index (χ1n) is 8.41. The molecule has 0 bridgehead atoms. The fraction of sp³-hybridized carbons (Fsp3) is 0.300. The molecule has 6 heteroatoms. The Kier molecular flexibility index (Phi) is 11.5. The van der Waals surface area contributed by atoms with Crippen LogP contribution in [0.15, 0.2) is 58.5 Å². The number of phenolic OH excluding ortho intramolecular Hbond substituents is 2. The van der Waals surface area contributed by atoms with Crippen LogP contribution >= 0.6 is 11.8 Å². The van der Waals surface area contributed by atoms with Gasteiger partial charge in [0.25, 0.3) is 0 Å². The number of para-hydroxylation sites is 2. The molecule has 0 heterocycles. The topological polar surface area (TPSA) is 65.2 Å². The van der Waals surface area contributed by atoms with Gasteiger partial charge in [0.15, 0.2) is 0 Å². The van der Waals surface area contributed by atoms with Crippen LogP contribution in [0.25, 0.3) is 0 Å². The third kappa shape index (κ3) is 8.55. The average Bonchev–Trinajstić information content (AvgIpc) is 2.62. The molecule has 0 saturated carbocycles. The number of aromatic hydroxyl groups is 2. The number of hydrogen-bond acceptors (Lipinski definition) is 5. The van der Waals surface area contributed by atoms with E-state index in [1.54, 1.807) is 36.7 Å². The summed E-state index contributed by atoms with van der Waals surface area (Å²) < 4.78 is 0. The van der Waals surface area contributed by atoms with E-state index in [0.29, 0.717) is 0 Å². The first-order chi connectivity index (χ1) is 12.3. The van der Waals surface area contributed by atoms with Gasteiger partial charge in [-0.05, 0) is 48.6 Å². The van der Waals surface area contributed by atoms with Crippen LogP contribution in [0.3, 0.4) is 0 Å². The van der Waals surface area contributed by atoms with Crippen molar-refractivity contribution in [1.29, 1.82) is 0 Å². The number of aliphatic imine (C=N–C) groups is 2. The van der Waals surface area contributed by atoms with Gasteiger partial charge in [0, 0.05) is 53.1 Å². The second-order valence-electron chi connectivity index (χ2n) is 5.51. The van der Waals surface area contributed by atoms with E-state index in [1.165, 1.54) is 0 Å². The Bertz CT molecular complexity index is 648. The fourth-order valence-electron chi connectivity index (χ4n) is 2.14. The molecule has 2 aromatic rings. The van der Waals surface area contributed by atoms with Gasteiger partial charge in [-0.1, -0.05) is 24.3 Å². The standard InChI is InChI=1S/C20H24N2O2S.Ni/c23-19-9-3-1-7-17(19)15-21-11-5-13-25-14-6-12-22-16-18-8-2-4-10-20(18)24;/h1-4,7-10,15-16,23-24H,5-6,11-14H2;. The van der Waals surface area contributed by atoms with Crippen LogP contribution in [-0.2, 0) is 16.5 Å². The van der Waals surface area contributed by atoms with Gasteiger partial charge in [-0.2, -0.15) is 11.8 Å². The SMILES string of the molecule is Oc1ccccc1C=NCCCSCCCN=Cc1ccccc1O.[Ni]. The van der Waals surface area contributed by atoms with Crippen molar-refractivity contribution >= 4 is 24.2 Å². The molecule has 2 rings (SSSR count). The molecule has 0 fully saturated rings. The van der Waals surface area contributed by atoms with Crippen LogP contribution in [0.2, 0.25) is 0 Å². The Morgan fingerprint density at radius 3 is 1.58 bits per heavy atom. The van der Waals surface area contributed by atoms with Gasteiger partial charge in [-0.3, -0.25) is 9.98 Å². The van der Waals surface area contributed by atoms with Gasteiger partial charge >= 0.3 is 0 Å². The van der Waals surface area contributed by atoms with E-state index in [0.717, 1.165) is 48.6 Å². The minimum Gasteiger partial charge on any atom is -0.507 e. The molecule has 0 aliphatic carbocycles. The van der Waals surface area contributed by atoms with E-state index in [2.05, 4.69) is 9.98 Å². The fourth-order valence-corrected chi connectivity index (χ4v) is 3.01. The first kappa shape index (κ1) is 22.3. The maximum Gasteiger partial charge on any atom is 0.124 e. The third-order valence-corrected chi connectivity index (χ3v) is 4.64. The van der Waals surface area contributed by atoms with Gasteiger partial charge in [0.1, 0.15) is 11.5 Å². The molecule has 0 unspecified atom stereocenters. The second-order valence-corrected chi connectivity index (χ2v) is 6.73. The molecule has 0 radical (unpaired) electrons. The molecule has 0 atom stereocenters. The maximum absolute atomic E-state index is 9.62. The van der Waals surface area contributed by atoms with Gasteiger partial charge < -0.3 is 10.2 Å². The average molecular weight is 415 g/mol. The van der Waals surface area contributed by atoms with Gasteiger partial charge in [0.2, 0.25) is 0 Å². The van der Waals surface area contributed by atoms with Crippen molar-refractivity contribution in [1.82, 2.24) is 0 Å². The summed E-state index contributed by atoms with van der Waals surface area (Å²) in [6.07, 6.45) is 5.51. The zero-order valence-electron chi connectivity index (χ0n) is 14.5. The van der Waals surface area contributed by atoms with E-state index < -0.39 is 0 Å². The van der Waals surface area contributed by atoms with Crippen molar-refractivity contribution in [3.05, 3.63) is 59.7 Å². The Hall–Kier alpha value is -1.78. The molecule has 0 aliphatic rings. The van der Waals surface area contributed by atoms with E-state index in [-0.39, 0.29) is 28.0 Å². The van der Waals surface area contributed by atoms with Gasteiger partial charge in [-0.15, -0.1) is 0 Å². The number of rotatable bonds is 10. The Labute approximate surface area is 169 Å². The molecule has 2 aromatic carbocycles. The summed E-state index contributed by atoms with van der Waals surface area (Å²) in [5.41, 5.74) is 1.52. The Balaban J connectivity index is 0.00000338. The Morgan fingerprint density at radius 2 is 1.15 bits per heavy atom. The first-order valence-corrected chi connectivity index (χ1v) is 9.56. The summed E-state index contributed by atoms with van der Waals surface area (Å²) in [7, 11) is 0. The number of benzene rings is 2. The zero-order chi connectivity index (χ0) is 17.7. The van der Waals surface area contributed by atoms with Crippen LogP contribution < -0.4 is 0 Å². The van der Waals surface area contributed by atoms with Crippen LogP contribution in [0, 0.1) is 0 Å². The largest absolute Gasteiger partial charge is 0.507 e. The minimum absolute atomic E-state index is 0. The molecule has 0 aliphatic heterocycles. The van der Waals surface area contributed by atoms with Crippen molar-refractivity contribution in [2.24, 2.45) is 9.98 Å². The van der Waals surface area contributed by atoms with Crippen molar-refractivity contribution < 1.29 is 26.7 Å². The van der Waals surface area contributed by atoms with E-state index >= 15 is 0 Å². The summed E-state index contributed by atoms with van der Waals surface area (Å²) in [6, 6.07) is 14.4. The predicted octanol–water partition coefficient (Wildman–Crippen LogP) is 4.15. The molecular weight excluding hydrogens is 391 g/mol. The molecule has 142 valence electrons. The van der Waals surface area contributed by atoms with Crippen LogP contribution in [0.5, 0.6) is 11.5 Å². The number of hydrogen-bond donors (Lipinski definition) is 2. The number of nitrogens with zero attached hydrogens (tertiary/aromatic N) is 2. The number of thioether (sulfide) groups is 1. The minimum atomic E-state index is 0. The molecule has 0 spiro atoms. The summed E-state index contributed by atoms with van der Waals surface area (Å²) in [6.45, 7) is 1.54. The molecular formula is C20H24N2NiO2S. The van der Waals surface area contributed by atoms with E-state index in [4.69, 9.17) is 0 Å². The maximum atomic E-state index is 9.62. The summed E-state index contributed by atoms with van der Waals surface area (Å²) in [5.74, 6) is 2.68. The monoisotopic (exact) mass is 414 g/mol. The van der Waals surface area contributed by atoms with Crippen LogP contribution in [-0.4, -0.2) is 47.2 Å².